The molecule has 0 aliphatic rings. The van der Waals surface area contributed by atoms with Crippen LogP contribution in [0.25, 0.3) is 0 Å². The zero-order valence-electron chi connectivity index (χ0n) is 9.28. The second kappa shape index (κ2) is 4.45. The lowest BCUT2D eigenvalue weighted by molar-refractivity contribution is -0.161. The molecular weight excluding hydrogens is 192 g/mol. The first-order valence-electron chi connectivity index (χ1n) is 4.92. The van der Waals surface area contributed by atoms with E-state index in [0.29, 0.717) is 5.56 Å². The first kappa shape index (κ1) is 11.7. The van der Waals surface area contributed by atoms with Crippen molar-refractivity contribution < 1.29 is 14.6 Å². The summed E-state index contributed by atoms with van der Waals surface area (Å²) in [6.07, 6.45) is 0.942. The van der Waals surface area contributed by atoms with Gasteiger partial charge in [0, 0.05) is 7.11 Å². The van der Waals surface area contributed by atoms with Crippen molar-refractivity contribution in [3.63, 3.8) is 0 Å². The fraction of sp³-hybridized carbons (Fsp3) is 0.417. The zero-order chi connectivity index (χ0) is 11.5. The summed E-state index contributed by atoms with van der Waals surface area (Å²) >= 11 is 0. The molecule has 0 aliphatic carbocycles. The normalized spacial score (nSPS) is 14.6. The van der Waals surface area contributed by atoms with Crippen LogP contribution in [0, 0.1) is 0 Å². The van der Waals surface area contributed by atoms with Crippen LogP contribution in [0.1, 0.15) is 25.0 Å². The molecule has 0 heterocycles. The quantitative estimate of drug-likeness (QED) is 0.825. The number of methoxy groups -OCH3 is 1. The minimum Gasteiger partial charge on any atom is -0.479 e. The van der Waals surface area contributed by atoms with Gasteiger partial charge in [-0.3, -0.25) is 0 Å². The van der Waals surface area contributed by atoms with Crippen molar-refractivity contribution in [2.24, 2.45) is 0 Å². The molecular formula is C12H16O3. The van der Waals surface area contributed by atoms with E-state index in [0.717, 1.165) is 6.42 Å². The number of carboxylic acid groups (broad SMARTS) is 1. The lowest BCUT2D eigenvalue weighted by Gasteiger charge is -2.23. The monoisotopic (exact) mass is 208 g/mol. The number of aliphatic carboxylic acids is 1. The highest BCUT2D eigenvalue weighted by molar-refractivity contribution is 5.78. The lowest BCUT2D eigenvalue weighted by atomic mass is 9.94. The van der Waals surface area contributed by atoms with Crippen LogP contribution in [0.15, 0.2) is 24.3 Å². The Morgan fingerprint density at radius 2 is 1.93 bits per heavy atom. The van der Waals surface area contributed by atoms with Gasteiger partial charge in [0.1, 0.15) is 0 Å². The van der Waals surface area contributed by atoms with Crippen molar-refractivity contribution >= 4 is 5.97 Å². The number of hydrogen-bond acceptors (Lipinski definition) is 2. The van der Waals surface area contributed by atoms with Crippen molar-refractivity contribution in [2.75, 3.05) is 7.11 Å². The molecule has 1 N–H and O–H groups in total. The second-order valence-corrected chi connectivity index (χ2v) is 3.59. The molecule has 0 saturated carbocycles. The highest BCUT2D eigenvalue weighted by atomic mass is 16.5. The van der Waals surface area contributed by atoms with Crippen LogP contribution in [0.5, 0.6) is 0 Å². The van der Waals surface area contributed by atoms with Gasteiger partial charge in [0.2, 0.25) is 0 Å². The topological polar surface area (TPSA) is 46.5 Å². The molecule has 0 radical (unpaired) electrons. The lowest BCUT2D eigenvalue weighted by Crippen LogP contribution is -2.34. The average Bonchev–Trinajstić information content (AvgIpc) is 2.28. The SMILES string of the molecule is CCc1ccc(C(C)(OC)C(=O)O)cc1. The van der Waals surface area contributed by atoms with Gasteiger partial charge in [-0.2, -0.15) is 0 Å². The highest BCUT2D eigenvalue weighted by Crippen LogP contribution is 2.25. The van der Waals surface area contributed by atoms with Crippen molar-refractivity contribution in [3.8, 4) is 0 Å². The maximum absolute atomic E-state index is 11.1. The summed E-state index contributed by atoms with van der Waals surface area (Å²) in [5.41, 5.74) is 0.587. The van der Waals surface area contributed by atoms with E-state index < -0.39 is 11.6 Å². The third-order valence-electron chi connectivity index (χ3n) is 2.73. The van der Waals surface area contributed by atoms with E-state index in [1.54, 1.807) is 19.1 Å². The van der Waals surface area contributed by atoms with Gasteiger partial charge < -0.3 is 9.84 Å². The van der Waals surface area contributed by atoms with Gasteiger partial charge >= 0.3 is 5.97 Å². The van der Waals surface area contributed by atoms with E-state index in [1.165, 1.54) is 12.7 Å². The molecule has 1 aromatic rings. The Kier molecular flexibility index (Phi) is 3.48. The Labute approximate surface area is 89.7 Å². The van der Waals surface area contributed by atoms with Crippen molar-refractivity contribution in [2.45, 2.75) is 25.9 Å². The number of aryl methyl sites for hydroxylation is 1. The van der Waals surface area contributed by atoms with Gasteiger partial charge in [-0.25, -0.2) is 4.79 Å². The highest BCUT2D eigenvalue weighted by Gasteiger charge is 2.34. The van der Waals surface area contributed by atoms with Gasteiger partial charge in [0.15, 0.2) is 5.60 Å². The maximum atomic E-state index is 11.1. The minimum absolute atomic E-state index is 0.662. The Hall–Kier alpha value is -1.35. The predicted molar refractivity (Wildman–Crippen MR) is 57.8 cm³/mol. The molecule has 15 heavy (non-hydrogen) atoms. The van der Waals surface area contributed by atoms with E-state index >= 15 is 0 Å². The van der Waals surface area contributed by atoms with Gasteiger partial charge in [-0.05, 0) is 24.5 Å². The molecule has 0 fully saturated rings. The maximum Gasteiger partial charge on any atom is 0.340 e. The fourth-order valence-electron chi connectivity index (χ4n) is 1.39. The number of rotatable bonds is 4. The van der Waals surface area contributed by atoms with Gasteiger partial charge in [-0.15, -0.1) is 0 Å². The molecule has 0 spiro atoms. The summed E-state index contributed by atoms with van der Waals surface area (Å²) in [4.78, 5) is 11.1. The van der Waals surface area contributed by atoms with Crippen molar-refractivity contribution in [1.29, 1.82) is 0 Å². The van der Waals surface area contributed by atoms with Crippen LogP contribution in [0.2, 0.25) is 0 Å². The third-order valence-corrected chi connectivity index (χ3v) is 2.73. The van der Waals surface area contributed by atoms with E-state index in [4.69, 9.17) is 9.84 Å². The molecule has 0 amide bonds. The average molecular weight is 208 g/mol. The largest absolute Gasteiger partial charge is 0.479 e. The summed E-state index contributed by atoms with van der Waals surface area (Å²) in [5.74, 6) is -0.978. The molecule has 3 heteroatoms. The van der Waals surface area contributed by atoms with Crippen LogP contribution < -0.4 is 0 Å². The Morgan fingerprint density at radius 1 is 1.40 bits per heavy atom. The first-order chi connectivity index (χ1) is 7.04. The predicted octanol–water partition coefficient (Wildman–Crippen LogP) is 2.20. The molecule has 1 rings (SSSR count). The number of carbonyl (C=O) groups is 1. The summed E-state index contributed by atoms with van der Waals surface area (Å²) in [6, 6.07) is 7.46. The Morgan fingerprint density at radius 3 is 2.27 bits per heavy atom. The summed E-state index contributed by atoms with van der Waals surface area (Å²) in [7, 11) is 1.40. The molecule has 0 bridgehead atoms. The zero-order valence-corrected chi connectivity index (χ0v) is 9.28. The first-order valence-corrected chi connectivity index (χ1v) is 4.92. The van der Waals surface area contributed by atoms with Gasteiger partial charge in [0.25, 0.3) is 0 Å². The van der Waals surface area contributed by atoms with E-state index in [2.05, 4.69) is 6.92 Å². The number of hydrogen-bond donors (Lipinski definition) is 1. The molecule has 0 saturated heterocycles. The summed E-state index contributed by atoms with van der Waals surface area (Å²) in [6.45, 7) is 3.61. The molecule has 1 aromatic carbocycles. The molecule has 82 valence electrons. The van der Waals surface area contributed by atoms with Crippen LogP contribution in [-0.4, -0.2) is 18.2 Å². The Balaban J connectivity index is 3.08. The minimum atomic E-state index is -1.26. The molecule has 1 atom stereocenters. The number of carboxylic acids is 1. The van der Waals surface area contributed by atoms with E-state index in [-0.39, 0.29) is 0 Å². The fourth-order valence-corrected chi connectivity index (χ4v) is 1.39. The summed E-state index contributed by atoms with van der Waals surface area (Å²) < 4.78 is 5.06. The van der Waals surface area contributed by atoms with Crippen molar-refractivity contribution in [3.05, 3.63) is 35.4 Å². The van der Waals surface area contributed by atoms with Gasteiger partial charge in [0.05, 0.1) is 0 Å². The second-order valence-electron chi connectivity index (χ2n) is 3.59. The summed E-state index contributed by atoms with van der Waals surface area (Å²) in [5, 5.41) is 9.09. The molecule has 0 aromatic heterocycles. The van der Waals surface area contributed by atoms with Crippen LogP contribution in [0.4, 0.5) is 0 Å². The number of benzene rings is 1. The Bertz CT molecular complexity index is 342. The van der Waals surface area contributed by atoms with E-state index in [9.17, 15) is 4.79 Å². The van der Waals surface area contributed by atoms with Gasteiger partial charge in [-0.1, -0.05) is 31.2 Å². The van der Waals surface area contributed by atoms with Crippen LogP contribution in [0.3, 0.4) is 0 Å². The smallest absolute Gasteiger partial charge is 0.340 e. The standard InChI is InChI=1S/C12H16O3/c1-4-9-5-7-10(8-6-9)12(2,15-3)11(13)14/h5-8H,4H2,1-3H3,(H,13,14). The van der Waals surface area contributed by atoms with E-state index in [1.807, 2.05) is 12.1 Å². The van der Waals surface area contributed by atoms with Crippen molar-refractivity contribution in [1.82, 2.24) is 0 Å². The van der Waals surface area contributed by atoms with Crippen LogP contribution in [-0.2, 0) is 21.6 Å². The third kappa shape index (κ3) is 2.18. The molecule has 0 aliphatic heterocycles. The molecule has 1 unspecified atom stereocenters. The molecule has 3 nitrogen and oxygen atoms in total. The number of ether oxygens (including phenoxy) is 1. The van der Waals surface area contributed by atoms with Crippen LogP contribution >= 0.6 is 0 Å².